The molecule has 2 aromatic rings. The smallest absolute Gasteiger partial charge is 0.123 e. The molecule has 1 atom stereocenters. The Hall–Kier alpha value is -1.39. The lowest BCUT2D eigenvalue weighted by Gasteiger charge is -2.35. The van der Waals surface area contributed by atoms with Gasteiger partial charge >= 0.3 is 0 Å². The largest absolute Gasteiger partial charge is 0.361 e. The normalized spacial score (nSPS) is 18.9. The van der Waals surface area contributed by atoms with Gasteiger partial charge in [-0.3, -0.25) is 0 Å². The lowest BCUT2D eigenvalue weighted by Crippen LogP contribution is -2.37. The van der Waals surface area contributed by atoms with E-state index in [9.17, 15) is 4.39 Å². The number of H-pyrrole nitrogens is 1. The highest BCUT2D eigenvalue weighted by Gasteiger charge is 2.28. The fourth-order valence-electron chi connectivity index (χ4n) is 3.89. The fraction of sp³-hybridized carbons (Fsp3) is 0.556. The summed E-state index contributed by atoms with van der Waals surface area (Å²) in [6.07, 6.45) is 5.61. The first kappa shape index (κ1) is 15.5. The van der Waals surface area contributed by atoms with Gasteiger partial charge in [0.25, 0.3) is 0 Å². The Morgan fingerprint density at radius 1 is 1.36 bits per heavy atom. The molecule has 0 bridgehead atoms. The van der Waals surface area contributed by atoms with E-state index < -0.39 is 0 Å². The molecule has 1 unspecified atom stereocenters. The molecule has 1 aliphatic rings. The van der Waals surface area contributed by atoms with Gasteiger partial charge < -0.3 is 15.6 Å². The highest BCUT2D eigenvalue weighted by molar-refractivity contribution is 5.83. The number of likely N-dealkylation sites (tertiary alicyclic amines) is 1. The van der Waals surface area contributed by atoms with Crippen molar-refractivity contribution in [2.24, 2.45) is 11.7 Å². The first-order chi connectivity index (χ1) is 10.7. The molecule has 1 aromatic carbocycles. The van der Waals surface area contributed by atoms with Gasteiger partial charge in [-0.1, -0.05) is 6.92 Å². The Bertz CT molecular complexity index is 614. The Kier molecular flexibility index (Phi) is 4.79. The number of aromatic amines is 1. The second-order valence-corrected chi connectivity index (χ2v) is 6.46. The molecule has 2 heterocycles. The average molecular weight is 303 g/mol. The molecule has 3 rings (SSSR count). The van der Waals surface area contributed by atoms with E-state index in [-0.39, 0.29) is 5.82 Å². The third kappa shape index (κ3) is 3.03. The molecule has 0 spiro atoms. The van der Waals surface area contributed by atoms with E-state index in [1.165, 1.54) is 37.4 Å². The summed E-state index contributed by atoms with van der Waals surface area (Å²) < 4.78 is 13.6. The topological polar surface area (TPSA) is 45.0 Å². The monoisotopic (exact) mass is 303 g/mol. The van der Waals surface area contributed by atoms with Crippen LogP contribution >= 0.6 is 0 Å². The quantitative estimate of drug-likeness (QED) is 0.888. The van der Waals surface area contributed by atoms with Crippen molar-refractivity contribution >= 4 is 10.9 Å². The van der Waals surface area contributed by atoms with Crippen LogP contribution in [0.1, 0.15) is 37.7 Å². The van der Waals surface area contributed by atoms with Crippen LogP contribution in [-0.4, -0.2) is 36.1 Å². The van der Waals surface area contributed by atoms with Gasteiger partial charge in [-0.25, -0.2) is 4.39 Å². The van der Waals surface area contributed by atoms with E-state index in [1.807, 2.05) is 12.3 Å². The molecule has 4 heteroatoms. The zero-order valence-corrected chi connectivity index (χ0v) is 13.3. The molecule has 0 amide bonds. The Labute approximate surface area is 131 Å². The summed E-state index contributed by atoms with van der Waals surface area (Å²) in [6, 6.07) is 4.95. The van der Waals surface area contributed by atoms with Gasteiger partial charge in [0, 0.05) is 23.0 Å². The Morgan fingerprint density at radius 3 is 2.82 bits per heavy atom. The molecule has 0 saturated carbocycles. The third-order valence-corrected chi connectivity index (χ3v) is 5.07. The molecule has 0 aliphatic carbocycles. The fourth-order valence-corrected chi connectivity index (χ4v) is 3.89. The Balaban J connectivity index is 1.80. The minimum atomic E-state index is -0.179. The third-order valence-electron chi connectivity index (χ3n) is 5.07. The van der Waals surface area contributed by atoms with Gasteiger partial charge in [0.05, 0.1) is 0 Å². The zero-order chi connectivity index (χ0) is 15.5. The zero-order valence-electron chi connectivity index (χ0n) is 13.3. The number of rotatable bonds is 5. The van der Waals surface area contributed by atoms with E-state index >= 15 is 0 Å². The number of piperidine rings is 1. The summed E-state index contributed by atoms with van der Waals surface area (Å²) in [6.45, 7) is 6.37. The van der Waals surface area contributed by atoms with Crippen molar-refractivity contribution in [2.75, 3.05) is 26.2 Å². The van der Waals surface area contributed by atoms with E-state index in [0.717, 1.165) is 24.0 Å². The number of hydrogen-bond donors (Lipinski definition) is 2. The minimum Gasteiger partial charge on any atom is -0.361 e. The molecule has 1 saturated heterocycles. The van der Waals surface area contributed by atoms with Gasteiger partial charge in [0.15, 0.2) is 0 Å². The molecule has 3 N–H and O–H groups in total. The van der Waals surface area contributed by atoms with E-state index in [1.54, 1.807) is 6.07 Å². The first-order valence-corrected chi connectivity index (χ1v) is 8.42. The van der Waals surface area contributed by atoms with Crippen LogP contribution in [0.4, 0.5) is 4.39 Å². The summed E-state index contributed by atoms with van der Waals surface area (Å²) in [5.41, 5.74) is 8.28. The number of fused-ring (bicyclic) bond motifs is 1. The lowest BCUT2D eigenvalue weighted by atomic mass is 9.80. The standard InChI is InChI=1S/C18H26FN3/c1-2-7-22-8-5-13(6-9-22)16(11-20)17-12-21-18-4-3-14(19)10-15(17)18/h3-4,10,12-13,16,21H,2,5-9,11,20H2,1H3. The van der Waals surface area contributed by atoms with Crippen LogP contribution in [0.3, 0.4) is 0 Å². The van der Waals surface area contributed by atoms with Crippen LogP contribution in [-0.2, 0) is 0 Å². The van der Waals surface area contributed by atoms with Gasteiger partial charge in [-0.05, 0) is 75.1 Å². The highest BCUT2D eigenvalue weighted by Crippen LogP contribution is 2.35. The number of nitrogens with one attached hydrogen (secondary N) is 1. The second kappa shape index (κ2) is 6.80. The van der Waals surface area contributed by atoms with Crippen molar-refractivity contribution in [1.82, 2.24) is 9.88 Å². The first-order valence-electron chi connectivity index (χ1n) is 8.42. The number of aromatic nitrogens is 1. The SMILES string of the molecule is CCCN1CCC(C(CN)c2c[nH]c3ccc(F)cc23)CC1. The molecule has 1 fully saturated rings. The van der Waals surface area contributed by atoms with Crippen molar-refractivity contribution in [2.45, 2.75) is 32.1 Å². The number of nitrogens with two attached hydrogens (primary N) is 1. The van der Waals surface area contributed by atoms with E-state index in [0.29, 0.717) is 18.4 Å². The summed E-state index contributed by atoms with van der Waals surface area (Å²) in [5.74, 6) is 0.738. The van der Waals surface area contributed by atoms with Crippen molar-refractivity contribution in [3.8, 4) is 0 Å². The Morgan fingerprint density at radius 2 is 2.14 bits per heavy atom. The van der Waals surface area contributed by atoms with Crippen LogP contribution in [0.25, 0.3) is 10.9 Å². The molecular formula is C18H26FN3. The summed E-state index contributed by atoms with van der Waals surface area (Å²) in [4.78, 5) is 5.81. The summed E-state index contributed by atoms with van der Waals surface area (Å²) in [7, 11) is 0. The maximum absolute atomic E-state index is 13.6. The van der Waals surface area contributed by atoms with Crippen molar-refractivity contribution < 1.29 is 4.39 Å². The average Bonchev–Trinajstić information content (AvgIpc) is 2.93. The predicted octanol–water partition coefficient (Wildman–Crippen LogP) is 3.47. The van der Waals surface area contributed by atoms with Gasteiger partial charge in [0.2, 0.25) is 0 Å². The van der Waals surface area contributed by atoms with Gasteiger partial charge in [-0.15, -0.1) is 0 Å². The molecule has 22 heavy (non-hydrogen) atoms. The number of benzene rings is 1. The summed E-state index contributed by atoms with van der Waals surface area (Å²) >= 11 is 0. The predicted molar refractivity (Wildman–Crippen MR) is 89.5 cm³/mol. The van der Waals surface area contributed by atoms with Crippen LogP contribution in [0.5, 0.6) is 0 Å². The summed E-state index contributed by atoms with van der Waals surface area (Å²) in [5, 5.41) is 0.992. The molecule has 1 aliphatic heterocycles. The van der Waals surface area contributed by atoms with E-state index in [2.05, 4.69) is 16.8 Å². The van der Waals surface area contributed by atoms with Crippen LogP contribution in [0.15, 0.2) is 24.4 Å². The van der Waals surface area contributed by atoms with Crippen LogP contribution in [0, 0.1) is 11.7 Å². The molecule has 120 valence electrons. The molecule has 1 aromatic heterocycles. The maximum atomic E-state index is 13.6. The van der Waals surface area contributed by atoms with E-state index in [4.69, 9.17) is 5.73 Å². The minimum absolute atomic E-state index is 0.179. The van der Waals surface area contributed by atoms with Crippen molar-refractivity contribution in [3.05, 3.63) is 35.8 Å². The van der Waals surface area contributed by atoms with Crippen molar-refractivity contribution in [1.29, 1.82) is 0 Å². The van der Waals surface area contributed by atoms with Crippen molar-refractivity contribution in [3.63, 3.8) is 0 Å². The highest BCUT2D eigenvalue weighted by atomic mass is 19.1. The number of nitrogens with zero attached hydrogens (tertiary/aromatic N) is 1. The molecule has 0 radical (unpaired) electrons. The number of hydrogen-bond acceptors (Lipinski definition) is 2. The van der Waals surface area contributed by atoms with Crippen LogP contribution < -0.4 is 5.73 Å². The molecular weight excluding hydrogens is 277 g/mol. The van der Waals surface area contributed by atoms with Gasteiger partial charge in [-0.2, -0.15) is 0 Å². The van der Waals surface area contributed by atoms with Gasteiger partial charge in [0.1, 0.15) is 5.82 Å². The number of halogens is 1. The molecule has 3 nitrogen and oxygen atoms in total. The lowest BCUT2D eigenvalue weighted by molar-refractivity contribution is 0.170. The van der Waals surface area contributed by atoms with Crippen LogP contribution in [0.2, 0.25) is 0 Å². The maximum Gasteiger partial charge on any atom is 0.123 e. The second-order valence-electron chi connectivity index (χ2n) is 6.46.